The molecule has 0 aliphatic heterocycles. The smallest absolute Gasteiger partial charge is 0.319 e. The zero-order chi connectivity index (χ0) is 13.7. The van der Waals surface area contributed by atoms with Crippen LogP contribution in [0.5, 0.6) is 5.75 Å². The molecule has 0 radical (unpaired) electrons. The Morgan fingerprint density at radius 1 is 1.47 bits per heavy atom. The topological polar surface area (TPSA) is 50.4 Å². The molecule has 2 N–H and O–H groups in total. The van der Waals surface area contributed by atoms with Gasteiger partial charge in [-0.2, -0.15) is 0 Å². The van der Waals surface area contributed by atoms with Crippen molar-refractivity contribution in [3.05, 3.63) is 41.6 Å². The Hall–Kier alpha value is -1.97. The number of amides is 2. The van der Waals surface area contributed by atoms with Gasteiger partial charge in [0, 0.05) is 12.7 Å². The van der Waals surface area contributed by atoms with Crippen molar-refractivity contribution in [1.82, 2.24) is 10.6 Å². The van der Waals surface area contributed by atoms with Crippen LogP contribution in [0.25, 0.3) is 0 Å². The molecule has 1 aromatic rings. The number of benzene rings is 1. The first-order valence-corrected chi connectivity index (χ1v) is 6.53. The number of rotatable bonds is 5. The lowest BCUT2D eigenvalue weighted by atomic mass is 10.2. The highest BCUT2D eigenvalue weighted by atomic mass is 16.5. The summed E-state index contributed by atoms with van der Waals surface area (Å²) in [4.78, 5) is 11.6. The normalized spacial score (nSPS) is 14.9. The molecule has 1 aromatic carbocycles. The van der Waals surface area contributed by atoms with Gasteiger partial charge >= 0.3 is 6.03 Å². The molecule has 4 nitrogen and oxygen atoms in total. The number of ether oxygens (including phenoxy) is 1. The number of hydrogen-bond acceptors (Lipinski definition) is 2. The van der Waals surface area contributed by atoms with Crippen LogP contribution in [0.2, 0.25) is 0 Å². The minimum absolute atomic E-state index is 0.178. The van der Waals surface area contributed by atoms with Crippen LogP contribution in [0.3, 0.4) is 0 Å². The zero-order valence-corrected chi connectivity index (χ0v) is 11.4. The second-order valence-electron chi connectivity index (χ2n) is 4.84. The maximum Gasteiger partial charge on any atom is 0.319 e. The average molecular weight is 260 g/mol. The van der Waals surface area contributed by atoms with E-state index in [1.54, 1.807) is 13.3 Å². The van der Waals surface area contributed by atoms with E-state index in [1.807, 2.05) is 24.3 Å². The van der Waals surface area contributed by atoms with Crippen LogP contribution in [-0.2, 0) is 6.54 Å². The van der Waals surface area contributed by atoms with Crippen LogP contribution >= 0.6 is 0 Å². The van der Waals surface area contributed by atoms with Crippen molar-refractivity contribution >= 4 is 6.03 Å². The molecule has 4 heteroatoms. The van der Waals surface area contributed by atoms with Crippen molar-refractivity contribution in [3.63, 3.8) is 0 Å². The van der Waals surface area contributed by atoms with Gasteiger partial charge in [0.25, 0.3) is 0 Å². The van der Waals surface area contributed by atoms with Gasteiger partial charge in [0.2, 0.25) is 0 Å². The number of urea groups is 1. The molecule has 0 unspecified atom stereocenters. The van der Waals surface area contributed by atoms with Gasteiger partial charge in [0.15, 0.2) is 0 Å². The van der Waals surface area contributed by atoms with Crippen LogP contribution in [0.15, 0.2) is 36.0 Å². The first-order valence-electron chi connectivity index (χ1n) is 6.53. The molecule has 0 atom stereocenters. The van der Waals surface area contributed by atoms with Crippen molar-refractivity contribution in [3.8, 4) is 5.75 Å². The molecule has 0 spiro atoms. The summed E-state index contributed by atoms with van der Waals surface area (Å²) in [5, 5.41) is 5.57. The Bertz CT molecular complexity index is 479. The van der Waals surface area contributed by atoms with E-state index in [9.17, 15) is 4.79 Å². The maximum atomic E-state index is 11.6. The lowest BCUT2D eigenvalue weighted by molar-refractivity contribution is 0.243. The number of allylic oxidation sites excluding steroid dienone is 1. The zero-order valence-electron chi connectivity index (χ0n) is 11.4. The van der Waals surface area contributed by atoms with E-state index in [0.717, 1.165) is 11.3 Å². The standard InChI is InChI=1S/C15H20N2O2/c1-11(13-6-7-13)9-16-15(18)17-10-12-4-3-5-14(8-12)19-2/h3-5,8-9,13H,6-7,10H2,1-2H3,(H2,16,17,18)/b11-9+. The van der Waals surface area contributed by atoms with Crippen LogP contribution in [-0.4, -0.2) is 13.1 Å². The van der Waals surface area contributed by atoms with Crippen molar-refractivity contribution < 1.29 is 9.53 Å². The summed E-state index contributed by atoms with van der Waals surface area (Å²) >= 11 is 0. The number of hydrogen-bond donors (Lipinski definition) is 2. The van der Waals surface area contributed by atoms with Crippen LogP contribution in [0.4, 0.5) is 4.79 Å². The van der Waals surface area contributed by atoms with Gasteiger partial charge in [0.1, 0.15) is 5.75 Å². The first-order chi connectivity index (χ1) is 9.19. The number of methoxy groups -OCH3 is 1. The summed E-state index contributed by atoms with van der Waals surface area (Å²) in [6, 6.07) is 7.47. The molecular formula is C15H20N2O2. The maximum absolute atomic E-state index is 11.6. The quantitative estimate of drug-likeness (QED) is 0.855. The molecule has 0 aromatic heterocycles. The summed E-state index contributed by atoms with van der Waals surface area (Å²) in [5.74, 6) is 1.47. The van der Waals surface area contributed by atoms with E-state index < -0.39 is 0 Å². The minimum Gasteiger partial charge on any atom is -0.497 e. The fourth-order valence-corrected chi connectivity index (χ4v) is 1.85. The van der Waals surface area contributed by atoms with E-state index in [4.69, 9.17) is 4.74 Å². The summed E-state index contributed by atoms with van der Waals surface area (Å²) in [7, 11) is 1.63. The summed E-state index contributed by atoms with van der Waals surface area (Å²) in [6.07, 6.45) is 4.30. The Kier molecular flexibility index (Phi) is 4.44. The average Bonchev–Trinajstić information content (AvgIpc) is 3.27. The molecule has 0 heterocycles. The monoisotopic (exact) mass is 260 g/mol. The number of carbonyl (C=O) groups excluding carboxylic acids is 1. The molecule has 19 heavy (non-hydrogen) atoms. The van der Waals surface area contributed by atoms with Gasteiger partial charge in [-0.25, -0.2) is 4.79 Å². The molecular weight excluding hydrogens is 240 g/mol. The second-order valence-corrected chi connectivity index (χ2v) is 4.84. The molecule has 0 bridgehead atoms. The van der Waals surface area contributed by atoms with E-state index in [2.05, 4.69) is 17.6 Å². The lowest BCUT2D eigenvalue weighted by Gasteiger charge is -2.07. The highest BCUT2D eigenvalue weighted by Crippen LogP contribution is 2.35. The predicted octanol–water partition coefficient (Wildman–Crippen LogP) is 2.81. The molecule has 0 saturated heterocycles. The van der Waals surface area contributed by atoms with E-state index >= 15 is 0 Å². The van der Waals surface area contributed by atoms with Gasteiger partial charge in [0.05, 0.1) is 7.11 Å². The summed E-state index contributed by atoms with van der Waals surface area (Å²) in [6.45, 7) is 2.54. The molecule has 1 fully saturated rings. The summed E-state index contributed by atoms with van der Waals surface area (Å²) in [5.41, 5.74) is 2.26. The third-order valence-corrected chi connectivity index (χ3v) is 3.24. The van der Waals surface area contributed by atoms with Crippen molar-refractivity contribution in [1.29, 1.82) is 0 Å². The molecule has 2 rings (SSSR count). The Balaban J connectivity index is 1.77. The molecule has 1 aliphatic carbocycles. The lowest BCUT2D eigenvalue weighted by Crippen LogP contribution is -2.31. The Morgan fingerprint density at radius 3 is 2.95 bits per heavy atom. The Labute approximate surface area is 113 Å². The predicted molar refractivity (Wildman–Crippen MR) is 74.8 cm³/mol. The Morgan fingerprint density at radius 2 is 2.26 bits per heavy atom. The van der Waals surface area contributed by atoms with Gasteiger partial charge in [-0.1, -0.05) is 17.7 Å². The van der Waals surface area contributed by atoms with Crippen molar-refractivity contribution in [2.24, 2.45) is 5.92 Å². The SMILES string of the molecule is COc1cccc(CNC(=O)N/C=C(\C)C2CC2)c1. The number of carbonyl (C=O) groups is 1. The highest BCUT2D eigenvalue weighted by molar-refractivity contribution is 5.75. The fraction of sp³-hybridized carbons (Fsp3) is 0.400. The molecule has 1 aliphatic rings. The van der Waals surface area contributed by atoms with Crippen molar-refractivity contribution in [2.45, 2.75) is 26.3 Å². The summed E-state index contributed by atoms with van der Waals surface area (Å²) < 4.78 is 5.14. The first kappa shape index (κ1) is 13.5. The molecule has 102 valence electrons. The van der Waals surface area contributed by atoms with E-state index in [-0.39, 0.29) is 6.03 Å². The largest absolute Gasteiger partial charge is 0.497 e. The van der Waals surface area contributed by atoms with Gasteiger partial charge in [-0.3, -0.25) is 0 Å². The van der Waals surface area contributed by atoms with Crippen LogP contribution in [0, 0.1) is 5.92 Å². The second kappa shape index (κ2) is 6.27. The van der Waals surface area contributed by atoms with E-state index in [1.165, 1.54) is 18.4 Å². The third kappa shape index (κ3) is 4.32. The molecule has 2 amide bonds. The van der Waals surface area contributed by atoms with Crippen LogP contribution in [0.1, 0.15) is 25.3 Å². The molecule has 1 saturated carbocycles. The number of nitrogens with one attached hydrogen (secondary N) is 2. The van der Waals surface area contributed by atoms with E-state index in [0.29, 0.717) is 12.5 Å². The fourth-order valence-electron chi connectivity index (χ4n) is 1.85. The van der Waals surface area contributed by atoms with Crippen molar-refractivity contribution in [2.75, 3.05) is 7.11 Å². The third-order valence-electron chi connectivity index (χ3n) is 3.24. The van der Waals surface area contributed by atoms with Crippen LogP contribution < -0.4 is 15.4 Å². The van der Waals surface area contributed by atoms with Gasteiger partial charge in [-0.15, -0.1) is 0 Å². The minimum atomic E-state index is -0.178. The van der Waals surface area contributed by atoms with Gasteiger partial charge in [-0.05, 0) is 43.4 Å². The highest BCUT2D eigenvalue weighted by Gasteiger charge is 2.22. The van der Waals surface area contributed by atoms with Gasteiger partial charge < -0.3 is 15.4 Å².